The lowest BCUT2D eigenvalue weighted by Gasteiger charge is -2.40. The fraction of sp³-hybridized carbons (Fsp3) is 0.333. The molecular formula is C12H11FN2O2. The standard InChI is InChI=1S/C12H11FN2O2/c1-17-12(16)11-4-5-15(11)9-2-3-10(13)8(6-9)7-14/h2-3,6,11H,4-5H2,1H3. The predicted octanol–water partition coefficient (Wildman–Crippen LogP) is 1.45. The monoisotopic (exact) mass is 234 g/mol. The fourth-order valence-corrected chi connectivity index (χ4v) is 1.86. The number of nitriles is 1. The molecule has 0 N–H and O–H groups in total. The van der Waals surface area contributed by atoms with Crippen LogP contribution in [0.3, 0.4) is 0 Å². The molecule has 17 heavy (non-hydrogen) atoms. The number of esters is 1. The number of halogens is 1. The molecule has 4 nitrogen and oxygen atoms in total. The van der Waals surface area contributed by atoms with Gasteiger partial charge >= 0.3 is 5.97 Å². The summed E-state index contributed by atoms with van der Waals surface area (Å²) in [4.78, 5) is 13.2. The number of ether oxygens (including phenoxy) is 1. The second-order valence-corrected chi connectivity index (χ2v) is 3.80. The molecule has 2 rings (SSSR count). The van der Waals surface area contributed by atoms with Crippen LogP contribution in [-0.2, 0) is 9.53 Å². The third-order valence-electron chi connectivity index (χ3n) is 2.89. The van der Waals surface area contributed by atoms with Gasteiger partial charge < -0.3 is 9.64 Å². The van der Waals surface area contributed by atoms with E-state index in [0.717, 1.165) is 0 Å². The van der Waals surface area contributed by atoms with E-state index in [2.05, 4.69) is 4.74 Å². The second kappa shape index (κ2) is 4.42. The van der Waals surface area contributed by atoms with Crippen molar-refractivity contribution in [2.75, 3.05) is 18.6 Å². The highest BCUT2D eigenvalue weighted by molar-refractivity contribution is 5.82. The van der Waals surface area contributed by atoms with Crippen molar-refractivity contribution < 1.29 is 13.9 Å². The molecule has 1 aliphatic heterocycles. The van der Waals surface area contributed by atoms with Crippen LogP contribution in [0.25, 0.3) is 0 Å². The first-order valence-electron chi connectivity index (χ1n) is 5.21. The van der Waals surface area contributed by atoms with E-state index in [1.807, 2.05) is 0 Å². The molecule has 0 aliphatic carbocycles. The highest BCUT2D eigenvalue weighted by Crippen LogP contribution is 2.28. The Bertz CT molecular complexity index is 496. The van der Waals surface area contributed by atoms with E-state index in [4.69, 9.17) is 5.26 Å². The van der Waals surface area contributed by atoms with E-state index >= 15 is 0 Å². The van der Waals surface area contributed by atoms with Gasteiger partial charge in [-0.25, -0.2) is 9.18 Å². The van der Waals surface area contributed by atoms with Crippen molar-refractivity contribution in [3.63, 3.8) is 0 Å². The molecular weight excluding hydrogens is 223 g/mol. The van der Waals surface area contributed by atoms with Crippen molar-refractivity contribution in [1.29, 1.82) is 5.26 Å². The number of hydrogen-bond acceptors (Lipinski definition) is 4. The molecule has 1 saturated heterocycles. The maximum atomic E-state index is 13.1. The Balaban J connectivity index is 2.24. The highest BCUT2D eigenvalue weighted by atomic mass is 19.1. The van der Waals surface area contributed by atoms with E-state index in [9.17, 15) is 9.18 Å². The Kier molecular flexibility index (Phi) is 2.96. The molecule has 1 aromatic carbocycles. The Hall–Kier alpha value is -2.09. The lowest BCUT2D eigenvalue weighted by molar-refractivity contribution is -0.143. The first kappa shape index (κ1) is 11.4. The van der Waals surface area contributed by atoms with Crippen LogP contribution < -0.4 is 4.90 Å². The number of nitrogens with zero attached hydrogens (tertiary/aromatic N) is 2. The first-order valence-corrected chi connectivity index (χ1v) is 5.21. The van der Waals surface area contributed by atoms with Crippen LogP contribution in [0.5, 0.6) is 0 Å². The van der Waals surface area contributed by atoms with Gasteiger partial charge in [0.15, 0.2) is 0 Å². The first-order chi connectivity index (χ1) is 8.17. The number of carbonyl (C=O) groups excluding carboxylic acids is 1. The SMILES string of the molecule is COC(=O)C1CCN1c1ccc(F)c(C#N)c1. The Labute approximate surface area is 98.2 Å². The minimum atomic E-state index is -0.550. The molecule has 0 aromatic heterocycles. The van der Waals surface area contributed by atoms with Gasteiger partial charge in [0.2, 0.25) is 0 Å². The van der Waals surface area contributed by atoms with Crippen molar-refractivity contribution in [1.82, 2.24) is 0 Å². The summed E-state index contributed by atoms with van der Waals surface area (Å²) in [6.07, 6.45) is 0.714. The van der Waals surface area contributed by atoms with Gasteiger partial charge in [0.05, 0.1) is 12.7 Å². The van der Waals surface area contributed by atoms with Crippen LogP contribution in [0.4, 0.5) is 10.1 Å². The maximum absolute atomic E-state index is 13.1. The summed E-state index contributed by atoms with van der Waals surface area (Å²) in [7, 11) is 1.34. The Morgan fingerprint density at radius 3 is 2.94 bits per heavy atom. The van der Waals surface area contributed by atoms with E-state index in [1.165, 1.54) is 19.2 Å². The van der Waals surface area contributed by atoms with Gasteiger partial charge in [0.1, 0.15) is 17.9 Å². The van der Waals surface area contributed by atoms with Crippen molar-refractivity contribution in [3.05, 3.63) is 29.6 Å². The molecule has 1 aromatic rings. The molecule has 88 valence electrons. The third kappa shape index (κ3) is 1.94. The average Bonchev–Trinajstić information content (AvgIpc) is 2.29. The van der Waals surface area contributed by atoms with Crippen LogP contribution >= 0.6 is 0 Å². The third-order valence-corrected chi connectivity index (χ3v) is 2.89. The molecule has 0 spiro atoms. The molecule has 1 unspecified atom stereocenters. The van der Waals surface area contributed by atoms with Crippen molar-refractivity contribution in [2.45, 2.75) is 12.5 Å². The maximum Gasteiger partial charge on any atom is 0.328 e. The molecule has 1 fully saturated rings. The van der Waals surface area contributed by atoms with Crippen LogP contribution in [0, 0.1) is 17.1 Å². The van der Waals surface area contributed by atoms with Gasteiger partial charge in [-0.15, -0.1) is 0 Å². The van der Waals surface area contributed by atoms with Gasteiger partial charge in [-0.3, -0.25) is 0 Å². The summed E-state index contributed by atoms with van der Waals surface area (Å²) < 4.78 is 17.8. The number of hydrogen-bond donors (Lipinski definition) is 0. The van der Waals surface area contributed by atoms with Crippen molar-refractivity contribution in [2.24, 2.45) is 0 Å². The highest BCUT2D eigenvalue weighted by Gasteiger charge is 2.35. The van der Waals surface area contributed by atoms with Crippen molar-refractivity contribution >= 4 is 11.7 Å². The minimum Gasteiger partial charge on any atom is -0.467 e. The zero-order valence-corrected chi connectivity index (χ0v) is 9.31. The molecule has 0 saturated carbocycles. The largest absolute Gasteiger partial charge is 0.467 e. The lowest BCUT2D eigenvalue weighted by Crippen LogP contribution is -2.53. The number of methoxy groups -OCH3 is 1. The molecule has 1 aliphatic rings. The zero-order valence-electron chi connectivity index (χ0n) is 9.31. The van der Waals surface area contributed by atoms with Gasteiger partial charge in [0.25, 0.3) is 0 Å². The minimum absolute atomic E-state index is 0.0157. The number of anilines is 1. The number of rotatable bonds is 2. The lowest BCUT2D eigenvalue weighted by atomic mass is 10.0. The summed E-state index contributed by atoms with van der Waals surface area (Å²) in [5.41, 5.74) is 0.655. The Morgan fingerprint density at radius 2 is 2.41 bits per heavy atom. The quantitative estimate of drug-likeness (QED) is 0.727. The predicted molar refractivity (Wildman–Crippen MR) is 58.9 cm³/mol. The van der Waals surface area contributed by atoms with E-state index < -0.39 is 5.82 Å². The van der Waals surface area contributed by atoms with Gasteiger partial charge in [-0.2, -0.15) is 5.26 Å². The number of benzene rings is 1. The smallest absolute Gasteiger partial charge is 0.328 e. The summed E-state index contributed by atoms with van der Waals surface area (Å²) in [6, 6.07) is 5.70. The van der Waals surface area contributed by atoms with Crippen LogP contribution in [0.1, 0.15) is 12.0 Å². The second-order valence-electron chi connectivity index (χ2n) is 3.80. The molecule has 0 bridgehead atoms. The topological polar surface area (TPSA) is 53.3 Å². The van der Waals surface area contributed by atoms with Crippen molar-refractivity contribution in [3.8, 4) is 6.07 Å². The molecule has 0 radical (unpaired) electrons. The van der Waals surface area contributed by atoms with Crippen LogP contribution in [0.15, 0.2) is 18.2 Å². The zero-order chi connectivity index (χ0) is 12.4. The normalized spacial score (nSPS) is 18.2. The van der Waals surface area contributed by atoms with Gasteiger partial charge in [-0.05, 0) is 24.6 Å². The van der Waals surface area contributed by atoms with Crippen LogP contribution in [0.2, 0.25) is 0 Å². The van der Waals surface area contributed by atoms with Gasteiger partial charge in [0, 0.05) is 12.2 Å². The van der Waals surface area contributed by atoms with Gasteiger partial charge in [-0.1, -0.05) is 0 Å². The van der Waals surface area contributed by atoms with E-state index in [1.54, 1.807) is 17.0 Å². The average molecular weight is 234 g/mol. The summed E-state index contributed by atoms with van der Waals surface area (Å²) in [5.74, 6) is -0.856. The van der Waals surface area contributed by atoms with E-state index in [-0.39, 0.29) is 17.6 Å². The molecule has 1 atom stereocenters. The molecule has 5 heteroatoms. The van der Waals surface area contributed by atoms with E-state index in [0.29, 0.717) is 18.7 Å². The summed E-state index contributed by atoms with van der Waals surface area (Å²) in [6.45, 7) is 0.705. The summed E-state index contributed by atoms with van der Waals surface area (Å²) in [5, 5.41) is 8.74. The number of carbonyl (C=O) groups is 1. The fourth-order valence-electron chi connectivity index (χ4n) is 1.86. The summed E-state index contributed by atoms with van der Waals surface area (Å²) >= 11 is 0. The molecule has 1 heterocycles. The molecule has 0 amide bonds. The van der Waals surface area contributed by atoms with Crippen LogP contribution in [-0.4, -0.2) is 25.7 Å². The Morgan fingerprint density at radius 1 is 1.65 bits per heavy atom.